The van der Waals surface area contributed by atoms with Gasteiger partial charge in [-0.05, 0) is 18.7 Å². The second-order valence-corrected chi connectivity index (χ2v) is 4.21. The van der Waals surface area contributed by atoms with Gasteiger partial charge in [-0.15, -0.1) is 0 Å². The number of benzene rings is 1. The van der Waals surface area contributed by atoms with Gasteiger partial charge in [0.25, 0.3) is 0 Å². The van der Waals surface area contributed by atoms with Crippen molar-refractivity contribution >= 4 is 10.9 Å². The number of nitriles is 1. The van der Waals surface area contributed by atoms with E-state index in [1.807, 2.05) is 37.3 Å². The molecular weight excluding hydrogens is 238 g/mol. The normalized spacial score (nSPS) is 12.0. The van der Waals surface area contributed by atoms with E-state index >= 15 is 0 Å². The summed E-state index contributed by atoms with van der Waals surface area (Å²) < 4.78 is 5.74. The average molecular weight is 255 g/mol. The van der Waals surface area contributed by atoms with Gasteiger partial charge in [0.2, 0.25) is 0 Å². The van der Waals surface area contributed by atoms with Gasteiger partial charge in [0.1, 0.15) is 11.3 Å². The number of para-hydroxylation sites is 1. The fourth-order valence-electron chi connectivity index (χ4n) is 1.94. The zero-order chi connectivity index (χ0) is 13.5. The third-order valence-electron chi connectivity index (χ3n) is 2.87. The standard InChI is InChI=1S/C15H17N3O/c1-2-17-13(11-16)8-10-19-14-7-3-5-12-6-4-9-18-15(12)14/h3-7,9,13,17H,2,8,10H2,1H3. The number of ether oxygens (including phenoxy) is 1. The second-order valence-electron chi connectivity index (χ2n) is 4.21. The summed E-state index contributed by atoms with van der Waals surface area (Å²) in [6.07, 6.45) is 2.42. The number of rotatable bonds is 6. The van der Waals surface area contributed by atoms with Gasteiger partial charge in [-0.2, -0.15) is 5.26 Å². The highest BCUT2D eigenvalue weighted by Gasteiger charge is 2.07. The van der Waals surface area contributed by atoms with Crippen LogP contribution in [0, 0.1) is 11.3 Å². The molecule has 0 spiro atoms. The summed E-state index contributed by atoms with van der Waals surface area (Å²) >= 11 is 0. The summed E-state index contributed by atoms with van der Waals surface area (Å²) in [4.78, 5) is 4.33. The van der Waals surface area contributed by atoms with Crippen molar-refractivity contribution in [3.8, 4) is 11.8 Å². The fraction of sp³-hybridized carbons (Fsp3) is 0.333. The van der Waals surface area contributed by atoms with Crippen LogP contribution in [0.1, 0.15) is 13.3 Å². The Morgan fingerprint density at radius 1 is 1.37 bits per heavy atom. The van der Waals surface area contributed by atoms with Crippen molar-refractivity contribution in [2.24, 2.45) is 0 Å². The molecule has 19 heavy (non-hydrogen) atoms. The molecule has 1 unspecified atom stereocenters. The summed E-state index contributed by atoms with van der Waals surface area (Å²) in [5, 5.41) is 13.1. The summed E-state index contributed by atoms with van der Waals surface area (Å²) in [5.74, 6) is 0.770. The molecule has 1 aromatic heterocycles. The molecule has 2 aromatic rings. The van der Waals surface area contributed by atoms with Gasteiger partial charge < -0.3 is 10.1 Å². The minimum atomic E-state index is -0.159. The maximum Gasteiger partial charge on any atom is 0.145 e. The third-order valence-corrected chi connectivity index (χ3v) is 2.87. The second kappa shape index (κ2) is 6.72. The van der Waals surface area contributed by atoms with Crippen molar-refractivity contribution in [2.75, 3.05) is 13.2 Å². The van der Waals surface area contributed by atoms with E-state index in [0.29, 0.717) is 13.0 Å². The average Bonchev–Trinajstić information content (AvgIpc) is 2.46. The monoisotopic (exact) mass is 255 g/mol. The Morgan fingerprint density at radius 3 is 3.00 bits per heavy atom. The number of aromatic nitrogens is 1. The molecule has 0 saturated carbocycles. The fourth-order valence-corrected chi connectivity index (χ4v) is 1.94. The van der Waals surface area contributed by atoms with Crippen molar-refractivity contribution in [3.63, 3.8) is 0 Å². The highest BCUT2D eigenvalue weighted by atomic mass is 16.5. The Kier molecular flexibility index (Phi) is 4.71. The summed E-state index contributed by atoms with van der Waals surface area (Å²) in [6.45, 7) is 3.27. The minimum Gasteiger partial charge on any atom is -0.491 e. The molecule has 0 fully saturated rings. The third kappa shape index (κ3) is 3.43. The van der Waals surface area contributed by atoms with Gasteiger partial charge in [-0.3, -0.25) is 4.98 Å². The van der Waals surface area contributed by atoms with Gasteiger partial charge in [-0.1, -0.05) is 25.1 Å². The topological polar surface area (TPSA) is 57.9 Å². The maximum atomic E-state index is 8.95. The summed E-state index contributed by atoms with van der Waals surface area (Å²) in [6, 6.07) is 11.8. The van der Waals surface area contributed by atoms with Gasteiger partial charge in [0, 0.05) is 18.0 Å². The van der Waals surface area contributed by atoms with Crippen molar-refractivity contribution in [1.82, 2.24) is 10.3 Å². The van der Waals surface area contributed by atoms with Crippen molar-refractivity contribution < 1.29 is 4.74 Å². The van der Waals surface area contributed by atoms with Crippen LogP contribution in [0.2, 0.25) is 0 Å². The quantitative estimate of drug-likeness (QED) is 0.861. The molecule has 0 amide bonds. The predicted molar refractivity (Wildman–Crippen MR) is 74.9 cm³/mol. The minimum absolute atomic E-state index is 0.159. The van der Waals surface area contributed by atoms with Crippen molar-refractivity contribution in [2.45, 2.75) is 19.4 Å². The van der Waals surface area contributed by atoms with Crippen LogP contribution >= 0.6 is 0 Å². The summed E-state index contributed by atoms with van der Waals surface area (Å²) in [5.41, 5.74) is 0.863. The molecule has 2 rings (SSSR count). The van der Waals surface area contributed by atoms with Gasteiger partial charge in [0.05, 0.1) is 18.7 Å². The number of nitrogens with one attached hydrogen (secondary N) is 1. The van der Waals surface area contributed by atoms with Gasteiger partial charge >= 0.3 is 0 Å². The molecule has 4 heteroatoms. The Balaban J connectivity index is 2.00. The van der Waals surface area contributed by atoms with E-state index in [-0.39, 0.29) is 6.04 Å². The van der Waals surface area contributed by atoms with Crippen LogP contribution in [0.3, 0.4) is 0 Å². The number of hydrogen-bond donors (Lipinski definition) is 1. The SMILES string of the molecule is CCNC(C#N)CCOc1cccc2cccnc12. The van der Waals surface area contributed by atoms with E-state index in [1.54, 1.807) is 6.20 Å². The molecule has 1 atom stereocenters. The molecule has 1 N–H and O–H groups in total. The molecule has 0 bridgehead atoms. The molecule has 4 nitrogen and oxygen atoms in total. The lowest BCUT2D eigenvalue weighted by Gasteiger charge is -2.11. The zero-order valence-corrected chi connectivity index (χ0v) is 11.0. The van der Waals surface area contributed by atoms with Crippen LogP contribution in [-0.2, 0) is 0 Å². The van der Waals surface area contributed by atoms with Crippen LogP contribution in [0.4, 0.5) is 0 Å². The molecular formula is C15H17N3O. The number of hydrogen-bond acceptors (Lipinski definition) is 4. The number of fused-ring (bicyclic) bond motifs is 1. The first-order valence-electron chi connectivity index (χ1n) is 6.44. The van der Waals surface area contributed by atoms with E-state index in [2.05, 4.69) is 16.4 Å². The largest absolute Gasteiger partial charge is 0.491 e. The molecule has 0 radical (unpaired) electrons. The van der Waals surface area contributed by atoms with Crippen molar-refractivity contribution in [3.05, 3.63) is 36.5 Å². The van der Waals surface area contributed by atoms with E-state index < -0.39 is 0 Å². The van der Waals surface area contributed by atoms with Crippen molar-refractivity contribution in [1.29, 1.82) is 5.26 Å². The van der Waals surface area contributed by atoms with Gasteiger partial charge in [-0.25, -0.2) is 0 Å². The lowest BCUT2D eigenvalue weighted by atomic mass is 10.2. The van der Waals surface area contributed by atoms with Crippen LogP contribution in [0.5, 0.6) is 5.75 Å². The van der Waals surface area contributed by atoms with Crippen LogP contribution in [0.25, 0.3) is 10.9 Å². The zero-order valence-electron chi connectivity index (χ0n) is 11.0. The molecule has 98 valence electrons. The predicted octanol–water partition coefficient (Wildman–Crippen LogP) is 2.51. The molecule has 0 aliphatic rings. The first kappa shape index (κ1) is 13.3. The first-order valence-corrected chi connectivity index (χ1v) is 6.44. The summed E-state index contributed by atoms with van der Waals surface area (Å²) in [7, 11) is 0. The molecule has 0 aliphatic heterocycles. The van der Waals surface area contributed by atoms with E-state index in [9.17, 15) is 0 Å². The Hall–Kier alpha value is -2.12. The smallest absolute Gasteiger partial charge is 0.145 e. The Labute approximate surface area is 113 Å². The highest BCUT2D eigenvalue weighted by Crippen LogP contribution is 2.22. The lowest BCUT2D eigenvalue weighted by Crippen LogP contribution is -2.28. The van der Waals surface area contributed by atoms with E-state index in [1.165, 1.54) is 0 Å². The highest BCUT2D eigenvalue weighted by molar-refractivity contribution is 5.84. The number of pyridine rings is 1. The first-order chi connectivity index (χ1) is 9.35. The Morgan fingerprint density at radius 2 is 2.21 bits per heavy atom. The lowest BCUT2D eigenvalue weighted by molar-refractivity contribution is 0.301. The molecule has 0 aliphatic carbocycles. The maximum absolute atomic E-state index is 8.95. The molecule has 1 heterocycles. The molecule has 1 aromatic carbocycles. The van der Waals surface area contributed by atoms with Crippen LogP contribution in [-0.4, -0.2) is 24.2 Å². The van der Waals surface area contributed by atoms with Crippen LogP contribution < -0.4 is 10.1 Å². The van der Waals surface area contributed by atoms with Crippen LogP contribution in [0.15, 0.2) is 36.5 Å². The van der Waals surface area contributed by atoms with E-state index in [4.69, 9.17) is 10.00 Å². The Bertz CT molecular complexity index is 572. The number of nitrogens with zero attached hydrogens (tertiary/aromatic N) is 2. The molecule has 0 saturated heterocycles. The van der Waals surface area contributed by atoms with E-state index in [0.717, 1.165) is 23.2 Å². The van der Waals surface area contributed by atoms with Gasteiger partial charge in [0.15, 0.2) is 0 Å².